The van der Waals surface area contributed by atoms with Crippen LogP contribution in [0.15, 0.2) is 30.3 Å². The third-order valence-corrected chi connectivity index (χ3v) is 3.69. The molecule has 0 aliphatic carbocycles. The van der Waals surface area contributed by atoms with Crippen LogP contribution < -0.4 is 4.74 Å². The molecule has 1 fully saturated rings. The molecule has 1 saturated heterocycles. The Hall–Kier alpha value is -1.55. The lowest BCUT2D eigenvalue weighted by molar-refractivity contribution is -0.148. The summed E-state index contributed by atoms with van der Waals surface area (Å²) in [5.74, 6) is 0.796. The average Bonchev–Trinajstić information content (AvgIpc) is 2.52. The van der Waals surface area contributed by atoms with Gasteiger partial charge in [-0.1, -0.05) is 24.6 Å². The maximum absolute atomic E-state index is 11.7. The van der Waals surface area contributed by atoms with Crippen LogP contribution in [0, 0.1) is 0 Å². The first kappa shape index (κ1) is 14.9. The van der Waals surface area contributed by atoms with Gasteiger partial charge >= 0.3 is 5.97 Å². The smallest absolute Gasteiger partial charge is 0.323 e. The summed E-state index contributed by atoms with van der Waals surface area (Å²) < 4.78 is 10.6. The van der Waals surface area contributed by atoms with Gasteiger partial charge in [0.25, 0.3) is 0 Å². The third-order valence-electron chi connectivity index (χ3n) is 3.69. The highest BCUT2D eigenvalue weighted by Crippen LogP contribution is 2.18. The molecule has 0 aromatic heterocycles. The van der Waals surface area contributed by atoms with E-state index in [1.165, 1.54) is 7.11 Å². The van der Waals surface area contributed by atoms with Gasteiger partial charge in [-0.2, -0.15) is 0 Å². The molecular formula is C16H23NO3. The van der Waals surface area contributed by atoms with Crippen molar-refractivity contribution in [2.45, 2.75) is 31.7 Å². The van der Waals surface area contributed by atoms with Crippen LogP contribution in [0.5, 0.6) is 5.75 Å². The second-order valence-corrected chi connectivity index (χ2v) is 5.09. The van der Waals surface area contributed by atoms with Crippen molar-refractivity contribution in [1.82, 2.24) is 4.90 Å². The zero-order chi connectivity index (χ0) is 14.2. The first-order valence-electron chi connectivity index (χ1n) is 7.31. The van der Waals surface area contributed by atoms with Gasteiger partial charge in [-0.3, -0.25) is 9.69 Å². The average molecular weight is 277 g/mol. The van der Waals surface area contributed by atoms with Gasteiger partial charge in [-0.25, -0.2) is 0 Å². The number of benzene rings is 1. The van der Waals surface area contributed by atoms with Crippen LogP contribution in [0.1, 0.15) is 25.7 Å². The standard InChI is InChI=1S/C16H23NO3/c1-19-16(18)15-10-5-6-11-17(15)12-7-13-20-14-8-3-2-4-9-14/h2-4,8-9,15H,5-7,10-13H2,1H3/t15-/m1/s1. The van der Waals surface area contributed by atoms with Gasteiger partial charge in [-0.15, -0.1) is 0 Å². The highest BCUT2D eigenvalue weighted by Gasteiger charge is 2.28. The van der Waals surface area contributed by atoms with E-state index in [0.717, 1.165) is 44.5 Å². The number of ether oxygens (including phenoxy) is 2. The van der Waals surface area contributed by atoms with Gasteiger partial charge < -0.3 is 9.47 Å². The molecule has 1 aliphatic rings. The SMILES string of the molecule is COC(=O)[C@H]1CCCCN1CCCOc1ccccc1. The molecule has 20 heavy (non-hydrogen) atoms. The lowest BCUT2D eigenvalue weighted by Gasteiger charge is -2.33. The van der Waals surface area contributed by atoms with E-state index < -0.39 is 0 Å². The van der Waals surface area contributed by atoms with Crippen molar-refractivity contribution in [2.24, 2.45) is 0 Å². The zero-order valence-electron chi connectivity index (χ0n) is 12.1. The van der Waals surface area contributed by atoms with Crippen molar-refractivity contribution in [3.05, 3.63) is 30.3 Å². The van der Waals surface area contributed by atoms with E-state index in [1.54, 1.807) is 0 Å². The van der Waals surface area contributed by atoms with Crippen LogP contribution in [-0.4, -0.2) is 43.7 Å². The van der Waals surface area contributed by atoms with E-state index in [4.69, 9.17) is 9.47 Å². The van der Waals surface area contributed by atoms with Crippen LogP contribution in [0.2, 0.25) is 0 Å². The topological polar surface area (TPSA) is 38.8 Å². The quantitative estimate of drug-likeness (QED) is 0.591. The van der Waals surface area contributed by atoms with Gasteiger partial charge in [0.1, 0.15) is 11.8 Å². The Kier molecular flexibility index (Phi) is 5.87. The number of methoxy groups -OCH3 is 1. The van der Waals surface area contributed by atoms with Crippen molar-refractivity contribution >= 4 is 5.97 Å². The molecule has 4 nitrogen and oxygen atoms in total. The predicted molar refractivity (Wildman–Crippen MR) is 77.8 cm³/mol. The molecule has 0 radical (unpaired) electrons. The number of likely N-dealkylation sites (tertiary alicyclic amines) is 1. The van der Waals surface area contributed by atoms with E-state index in [1.807, 2.05) is 30.3 Å². The first-order valence-corrected chi connectivity index (χ1v) is 7.31. The Morgan fingerprint density at radius 2 is 2.10 bits per heavy atom. The van der Waals surface area contributed by atoms with Crippen molar-refractivity contribution in [3.63, 3.8) is 0 Å². The van der Waals surface area contributed by atoms with Crippen LogP contribution >= 0.6 is 0 Å². The minimum absolute atomic E-state index is 0.0644. The van der Waals surface area contributed by atoms with Crippen molar-refractivity contribution < 1.29 is 14.3 Å². The summed E-state index contributed by atoms with van der Waals surface area (Å²) >= 11 is 0. The number of para-hydroxylation sites is 1. The highest BCUT2D eigenvalue weighted by molar-refractivity contribution is 5.75. The zero-order valence-corrected chi connectivity index (χ0v) is 12.1. The molecule has 1 atom stereocenters. The van der Waals surface area contributed by atoms with Gasteiger partial charge in [0, 0.05) is 6.54 Å². The number of esters is 1. The van der Waals surface area contributed by atoms with Gasteiger partial charge in [0.05, 0.1) is 13.7 Å². The molecule has 1 heterocycles. The number of carbonyl (C=O) groups excluding carboxylic acids is 1. The normalized spacial score (nSPS) is 19.6. The molecule has 0 N–H and O–H groups in total. The number of hydrogen-bond donors (Lipinski definition) is 0. The maximum Gasteiger partial charge on any atom is 0.323 e. The van der Waals surface area contributed by atoms with E-state index in [0.29, 0.717) is 6.61 Å². The second kappa shape index (κ2) is 7.90. The van der Waals surface area contributed by atoms with E-state index in [-0.39, 0.29) is 12.0 Å². The monoisotopic (exact) mass is 277 g/mol. The largest absolute Gasteiger partial charge is 0.494 e. The van der Waals surface area contributed by atoms with Crippen LogP contribution in [0.3, 0.4) is 0 Å². The Morgan fingerprint density at radius 3 is 2.85 bits per heavy atom. The molecule has 4 heteroatoms. The molecule has 0 amide bonds. The van der Waals surface area contributed by atoms with Crippen molar-refractivity contribution in [1.29, 1.82) is 0 Å². The number of nitrogens with zero attached hydrogens (tertiary/aromatic N) is 1. The van der Waals surface area contributed by atoms with Crippen LogP contribution in [-0.2, 0) is 9.53 Å². The molecule has 1 aliphatic heterocycles. The molecule has 0 spiro atoms. The summed E-state index contributed by atoms with van der Waals surface area (Å²) in [6, 6.07) is 9.75. The van der Waals surface area contributed by atoms with Crippen molar-refractivity contribution in [3.8, 4) is 5.75 Å². The number of carbonyl (C=O) groups is 1. The fraction of sp³-hybridized carbons (Fsp3) is 0.562. The summed E-state index contributed by atoms with van der Waals surface area (Å²) in [7, 11) is 1.47. The number of rotatable bonds is 6. The van der Waals surface area contributed by atoms with E-state index in [2.05, 4.69) is 4.90 Å². The molecule has 1 aromatic rings. The van der Waals surface area contributed by atoms with Crippen LogP contribution in [0.25, 0.3) is 0 Å². The van der Waals surface area contributed by atoms with Crippen molar-refractivity contribution in [2.75, 3.05) is 26.8 Å². The molecule has 0 unspecified atom stereocenters. The number of hydrogen-bond acceptors (Lipinski definition) is 4. The predicted octanol–water partition coefficient (Wildman–Crippen LogP) is 2.48. The minimum Gasteiger partial charge on any atom is -0.494 e. The third kappa shape index (κ3) is 4.23. The summed E-state index contributed by atoms with van der Waals surface area (Å²) in [6.45, 7) is 2.53. The second-order valence-electron chi connectivity index (χ2n) is 5.09. The fourth-order valence-electron chi connectivity index (χ4n) is 2.64. The molecule has 2 rings (SSSR count). The van der Waals surface area contributed by atoms with E-state index >= 15 is 0 Å². The highest BCUT2D eigenvalue weighted by atomic mass is 16.5. The Balaban J connectivity index is 1.73. The summed E-state index contributed by atoms with van der Waals surface area (Å²) in [5, 5.41) is 0. The van der Waals surface area contributed by atoms with Gasteiger partial charge in [0.2, 0.25) is 0 Å². The Labute approximate surface area is 120 Å². The molecular weight excluding hydrogens is 254 g/mol. The molecule has 1 aromatic carbocycles. The summed E-state index contributed by atoms with van der Waals surface area (Å²) in [5.41, 5.74) is 0. The first-order chi connectivity index (χ1) is 9.81. The fourth-order valence-corrected chi connectivity index (χ4v) is 2.64. The lowest BCUT2D eigenvalue weighted by atomic mass is 10.0. The minimum atomic E-state index is -0.103. The van der Waals surface area contributed by atoms with Crippen LogP contribution in [0.4, 0.5) is 0 Å². The van der Waals surface area contributed by atoms with Gasteiger partial charge in [-0.05, 0) is 37.9 Å². The van der Waals surface area contributed by atoms with E-state index in [9.17, 15) is 4.79 Å². The molecule has 0 bridgehead atoms. The molecule has 0 saturated carbocycles. The van der Waals surface area contributed by atoms with Gasteiger partial charge in [0.15, 0.2) is 0 Å². The Bertz CT molecular complexity index is 407. The number of piperidine rings is 1. The maximum atomic E-state index is 11.7. The Morgan fingerprint density at radius 1 is 1.30 bits per heavy atom. The summed E-state index contributed by atoms with van der Waals surface area (Å²) in [6.07, 6.45) is 4.10. The molecule has 110 valence electrons. The summed E-state index contributed by atoms with van der Waals surface area (Å²) in [4.78, 5) is 14.0. The lowest BCUT2D eigenvalue weighted by Crippen LogP contribution is -2.45.